The Morgan fingerprint density at radius 2 is 2.12 bits per heavy atom. The Morgan fingerprint density at radius 1 is 1.47 bits per heavy atom. The zero-order valence-corrected chi connectivity index (χ0v) is 11.1. The van der Waals surface area contributed by atoms with Crippen LogP contribution in [0.4, 0.5) is 5.82 Å². The Morgan fingerprint density at radius 3 is 2.65 bits per heavy atom. The molecule has 0 saturated heterocycles. The van der Waals surface area contributed by atoms with Crippen molar-refractivity contribution in [1.82, 2.24) is 9.97 Å². The first-order valence-electron chi connectivity index (χ1n) is 5.16. The molecule has 94 valence electrons. The predicted molar refractivity (Wildman–Crippen MR) is 66.7 cm³/mol. The number of nitrogens with zero attached hydrogens (tertiary/aromatic N) is 2. The minimum absolute atomic E-state index is 0.156. The molecule has 0 bridgehead atoms. The lowest BCUT2D eigenvalue weighted by atomic mass is 10.1. The van der Waals surface area contributed by atoms with Crippen molar-refractivity contribution >= 4 is 23.7 Å². The van der Waals surface area contributed by atoms with Gasteiger partial charge in [0.25, 0.3) is 0 Å². The molecule has 0 fully saturated rings. The van der Waals surface area contributed by atoms with Crippen LogP contribution >= 0.6 is 11.6 Å². The number of methoxy groups -OCH3 is 1. The molecule has 5 nitrogen and oxygen atoms in total. The van der Waals surface area contributed by atoms with Crippen LogP contribution in [0.15, 0.2) is 0 Å². The number of aryl methyl sites for hydroxylation is 1. The van der Waals surface area contributed by atoms with Crippen LogP contribution in [0.25, 0.3) is 0 Å². The van der Waals surface area contributed by atoms with Crippen LogP contribution < -0.4 is 5.32 Å². The summed E-state index contributed by atoms with van der Waals surface area (Å²) in [7, 11) is 1.61. The van der Waals surface area contributed by atoms with Gasteiger partial charge in [-0.2, -0.15) is 0 Å². The van der Waals surface area contributed by atoms with E-state index in [1.807, 2.05) is 13.8 Å². The summed E-state index contributed by atoms with van der Waals surface area (Å²) in [6.45, 7) is 6.08. The number of halogens is 1. The number of aromatic nitrogens is 2. The topological polar surface area (TPSA) is 64.1 Å². The second-order valence-electron chi connectivity index (χ2n) is 4.38. The summed E-state index contributed by atoms with van der Waals surface area (Å²) in [5.74, 6) is 0.941. The van der Waals surface area contributed by atoms with E-state index in [1.165, 1.54) is 0 Å². The van der Waals surface area contributed by atoms with Crippen LogP contribution in [-0.4, -0.2) is 35.5 Å². The molecule has 0 aromatic carbocycles. The van der Waals surface area contributed by atoms with Gasteiger partial charge in [0.2, 0.25) is 0 Å². The number of aldehydes is 1. The number of carbonyl (C=O) groups excluding carboxylic acids is 1. The largest absolute Gasteiger partial charge is 0.382 e. The average Bonchev–Trinajstić information content (AvgIpc) is 2.15. The summed E-state index contributed by atoms with van der Waals surface area (Å²) >= 11 is 5.89. The number of hydrogen-bond acceptors (Lipinski definition) is 5. The monoisotopic (exact) mass is 257 g/mol. The van der Waals surface area contributed by atoms with Gasteiger partial charge in [0.05, 0.1) is 17.7 Å². The molecule has 1 aromatic heterocycles. The van der Waals surface area contributed by atoms with Crippen molar-refractivity contribution in [3.63, 3.8) is 0 Å². The fourth-order valence-corrected chi connectivity index (χ4v) is 1.72. The number of anilines is 1. The van der Waals surface area contributed by atoms with Crippen LogP contribution in [-0.2, 0) is 4.74 Å². The van der Waals surface area contributed by atoms with Gasteiger partial charge in [-0.15, -0.1) is 0 Å². The summed E-state index contributed by atoms with van der Waals surface area (Å²) in [6.07, 6.45) is 0.646. The normalized spacial score (nSPS) is 11.4. The van der Waals surface area contributed by atoms with Crippen molar-refractivity contribution in [2.45, 2.75) is 26.3 Å². The molecule has 0 radical (unpaired) electrons. The number of nitrogens with one attached hydrogen (secondary N) is 1. The molecular weight excluding hydrogens is 242 g/mol. The Labute approximate surface area is 106 Å². The Balaban J connectivity index is 3.09. The van der Waals surface area contributed by atoms with E-state index in [1.54, 1.807) is 14.0 Å². The first kappa shape index (κ1) is 13.9. The molecule has 0 aliphatic rings. The molecule has 0 amide bonds. The molecule has 0 unspecified atom stereocenters. The number of carbonyl (C=O) groups is 1. The minimum Gasteiger partial charge on any atom is -0.382 e. The Kier molecular flexibility index (Phi) is 4.42. The van der Waals surface area contributed by atoms with E-state index in [0.29, 0.717) is 24.5 Å². The smallest absolute Gasteiger partial charge is 0.156 e. The zero-order valence-electron chi connectivity index (χ0n) is 10.4. The quantitative estimate of drug-likeness (QED) is 0.646. The van der Waals surface area contributed by atoms with Gasteiger partial charge in [-0.3, -0.25) is 4.79 Å². The molecule has 6 heteroatoms. The standard InChI is InChI=1S/C11H16ClN3O2/c1-7-13-9(12)8(5-16)10(14-7)15-11(2,3)6-17-4/h5H,6H2,1-4H3,(H,13,14,15). The number of rotatable bonds is 5. The molecule has 1 N–H and O–H groups in total. The van der Waals surface area contributed by atoms with Gasteiger partial charge >= 0.3 is 0 Å². The van der Waals surface area contributed by atoms with E-state index in [9.17, 15) is 4.79 Å². The van der Waals surface area contributed by atoms with E-state index in [4.69, 9.17) is 16.3 Å². The van der Waals surface area contributed by atoms with E-state index < -0.39 is 0 Å². The molecule has 0 spiro atoms. The highest BCUT2D eigenvalue weighted by atomic mass is 35.5. The van der Waals surface area contributed by atoms with Gasteiger partial charge in [-0.25, -0.2) is 9.97 Å². The maximum atomic E-state index is 11.0. The second-order valence-corrected chi connectivity index (χ2v) is 4.74. The van der Waals surface area contributed by atoms with Crippen LogP contribution in [0.1, 0.15) is 30.0 Å². The molecule has 0 aliphatic heterocycles. The van der Waals surface area contributed by atoms with E-state index in [-0.39, 0.29) is 16.3 Å². The Bertz CT molecular complexity index is 421. The Hall–Kier alpha value is -1.20. The molecule has 1 aromatic rings. The maximum Gasteiger partial charge on any atom is 0.156 e. The molecular formula is C11H16ClN3O2. The summed E-state index contributed by atoms with van der Waals surface area (Å²) in [5, 5.41) is 3.28. The average molecular weight is 258 g/mol. The SMILES string of the molecule is COCC(C)(C)Nc1nc(C)nc(Cl)c1C=O. The fourth-order valence-electron chi connectivity index (χ4n) is 1.46. The number of hydrogen-bond donors (Lipinski definition) is 1. The lowest BCUT2D eigenvalue weighted by molar-refractivity contribution is 0.112. The van der Waals surface area contributed by atoms with Crippen molar-refractivity contribution < 1.29 is 9.53 Å². The van der Waals surface area contributed by atoms with Gasteiger partial charge < -0.3 is 10.1 Å². The number of ether oxygens (including phenoxy) is 1. The third-order valence-corrected chi connectivity index (χ3v) is 2.38. The van der Waals surface area contributed by atoms with Gasteiger partial charge in [-0.05, 0) is 20.8 Å². The second kappa shape index (κ2) is 5.42. The molecule has 1 rings (SSSR count). The van der Waals surface area contributed by atoms with Crippen molar-refractivity contribution in [3.8, 4) is 0 Å². The van der Waals surface area contributed by atoms with Gasteiger partial charge in [0.1, 0.15) is 16.8 Å². The maximum absolute atomic E-state index is 11.0. The highest BCUT2D eigenvalue weighted by Crippen LogP contribution is 2.22. The van der Waals surface area contributed by atoms with Crippen LogP contribution in [0.2, 0.25) is 5.15 Å². The van der Waals surface area contributed by atoms with E-state index in [2.05, 4.69) is 15.3 Å². The summed E-state index contributed by atoms with van der Waals surface area (Å²) in [4.78, 5) is 19.1. The first-order chi connectivity index (χ1) is 7.89. The summed E-state index contributed by atoms with van der Waals surface area (Å²) in [6, 6.07) is 0. The molecule has 17 heavy (non-hydrogen) atoms. The first-order valence-corrected chi connectivity index (χ1v) is 5.54. The molecule has 0 aliphatic carbocycles. The third kappa shape index (κ3) is 3.64. The fraction of sp³-hybridized carbons (Fsp3) is 0.545. The lowest BCUT2D eigenvalue weighted by Gasteiger charge is -2.26. The highest BCUT2D eigenvalue weighted by Gasteiger charge is 2.21. The summed E-state index contributed by atoms with van der Waals surface area (Å²) < 4.78 is 5.09. The molecule has 0 atom stereocenters. The zero-order chi connectivity index (χ0) is 13.1. The van der Waals surface area contributed by atoms with Crippen molar-refractivity contribution in [2.24, 2.45) is 0 Å². The van der Waals surface area contributed by atoms with E-state index >= 15 is 0 Å². The highest BCUT2D eigenvalue weighted by molar-refractivity contribution is 6.32. The van der Waals surface area contributed by atoms with Crippen molar-refractivity contribution in [1.29, 1.82) is 0 Å². The van der Waals surface area contributed by atoms with Gasteiger partial charge in [0.15, 0.2) is 6.29 Å². The summed E-state index contributed by atoms with van der Waals surface area (Å²) in [5.41, 5.74) is -0.0853. The van der Waals surface area contributed by atoms with Crippen LogP contribution in [0.3, 0.4) is 0 Å². The lowest BCUT2D eigenvalue weighted by Crippen LogP contribution is -2.36. The van der Waals surface area contributed by atoms with Crippen LogP contribution in [0, 0.1) is 6.92 Å². The third-order valence-electron chi connectivity index (χ3n) is 2.09. The molecule has 0 saturated carbocycles. The predicted octanol–water partition coefficient (Wildman–Crippen LogP) is 2.09. The molecule has 1 heterocycles. The van der Waals surface area contributed by atoms with Crippen LogP contribution in [0.5, 0.6) is 0 Å². The van der Waals surface area contributed by atoms with Crippen molar-refractivity contribution in [3.05, 3.63) is 16.5 Å². The van der Waals surface area contributed by atoms with Gasteiger partial charge in [-0.1, -0.05) is 11.6 Å². The van der Waals surface area contributed by atoms with E-state index in [0.717, 1.165) is 0 Å². The van der Waals surface area contributed by atoms with Gasteiger partial charge in [0, 0.05) is 7.11 Å². The minimum atomic E-state index is -0.351. The van der Waals surface area contributed by atoms with Crippen molar-refractivity contribution in [2.75, 3.05) is 19.0 Å².